The predicted molar refractivity (Wildman–Crippen MR) is 50.6 cm³/mol. The fourth-order valence-corrected chi connectivity index (χ4v) is 1.43. The first-order chi connectivity index (χ1) is 5.35. The summed E-state index contributed by atoms with van der Waals surface area (Å²) in [5.74, 6) is 0.845. The van der Waals surface area contributed by atoms with Crippen molar-refractivity contribution in [2.45, 2.75) is 32.6 Å². The van der Waals surface area contributed by atoms with Crippen LogP contribution in [0.25, 0.3) is 0 Å². The van der Waals surface area contributed by atoms with Crippen molar-refractivity contribution < 1.29 is 0 Å². The maximum absolute atomic E-state index is 5.51. The normalized spacial score (nSPS) is 13.4. The fraction of sp³-hybridized carbons (Fsp3) is 1.00. The van der Waals surface area contributed by atoms with Crippen molar-refractivity contribution in [3.8, 4) is 0 Å². The van der Waals surface area contributed by atoms with E-state index in [2.05, 4.69) is 12.2 Å². The van der Waals surface area contributed by atoms with Crippen LogP contribution in [-0.4, -0.2) is 20.1 Å². The lowest BCUT2D eigenvalue weighted by atomic mass is 9.96. The van der Waals surface area contributed by atoms with Gasteiger partial charge in [-0.1, -0.05) is 19.8 Å². The van der Waals surface area contributed by atoms with Gasteiger partial charge in [-0.2, -0.15) is 0 Å². The molecule has 1 atom stereocenters. The Balaban J connectivity index is 3.34. The van der Waals surface area contributed by atoms with Crippen LogP contribution in [0.1, 0.15) is 32.6 Å². The third-order valence-electron chi connectivity index (χ3n) is 2.07. The molecular formula is C9H22N2. The van der Waals surface area contributed by atoms with E-state index in [4.69, 9.17) is 5.73 Å². The number of rotatable bonds is 7. The summed E-state index contributed by atoms with van der Waals surface area (Å²) in [6.45, 7) is 4.21. The van der Waals surface area contributed by atoms with E-state index in [1.54, 1.807) is 0 Å². The van der Waals surface area contributed by atoms with Crippen molar-refractivity contribution in [2.75, 3.05) is 20.1 Å². The van der Waals surface area contributed by atoms with Crippen LogP contribution >= 0.6 is 0 Å². The van der Waals surface area contributed by atoms with E-state index in [1.165, 1.54) is 25.7 Å². The average molecular weight is 158 g/mol. The lowest BCUT2D eigenvalue weighted by molar-refractivity contribution is 0.415. The molecule has 0 heterocycles. The maximum Gasteiger partial charge on any atom is -0.00493 e. The third-order valence-corrected chi connectivity index (χ3v) is 2.07. The zero-order chi connectivity index (χ0) is 8.53. The molecular weight excluding hydrogens is 136 g/mol. The first-order valence-corrected chi connectivity index (χ1v) is 4.69. The molecule has 0 saturated carbocycles. The molecule has 0 amide bonds. The van der Waals surface area contributed by atoms with E-state index >= 15 is 0 Å². The van der Waals surface area contributed by atoms with Crippen LogP contribution in [0.3, 0.4) is 0 Å². The standard InChI is InChI=1S/C9H22N2/c1-3-4-9(5-7-10)6-8-11-2/h9,11H,3-8,10H2,1-2H3. The van der Waals surface area contributed by atoms with Gasteiger partial charge < -0.3 is 11.1 Å². The Morgan fingerprint density at radius 3 is 2.45 bits per heavy atom. The highest BCUT2D eigenvalue weighted by Crippen LogP contribution is 2.13. The third kappa shape index (κ3) is 6.32. The smallest absolute Gasteiger partial charge is 0.00493 e. The minimum absolute atomic E-state index is 0.842. The van der Waals surface area contributed by atoms with Crippen molar-refractivity contribution in [1.29, 1.82) is 0 Å². The Bertz CT molecular complexity index is 68.0. The van der Waals surface area contributed by atoms with E-state index < -0.39 is 0 Å². The van der Waals surface area contributed by atoms with Gasteiger partial charge in [0.2, 0.25) is 0 Å². The van der Waals surface area contributed by atoms with Crippen LogP contribution in [0.15, 0.2) is 0 Å². The average Bonchev–Trinajstić information content (AvgIpc) is 2.01. The Labute approximate surface area is 70.5 Å². The van der Waals surface area contributed by atoms with Crippen LogP contribution in [0, 0.1) is 5.92 Å². The second kappa shape index (κ2) is 8.02. The van der Waals surface area contributed by atoms with Gasteiger partial charge in [0.1, 0.15) is 0 Å². The summed E-state index contributed by atoms with van der Waals surface area (Å²) >= 11 is 0. The molecule has 2 nitrogen and oxygen atoms in total. The monoisotopic (exact) mass is 158 g/mol. The molecule has 0 aliphatic carbocycles. The van der Waals surface area contributed by atoms with Crippen LogP contribution in [0.4, 0.5) is 0 Å². The highest BCUT2D eigenvalue weighted by atomic mass is 14.8. The van der Waals surface area contributed by atoms with Crippen LogP contribution < -0.4 is 11.1 Å². The van der Waals surface area contributed by atoms with Gasteiger partial charge in [0, 0.05) is 0 Å². The molecule has 68 valence electrons. The number of hydrogen-bond acceptors (Lipinski definition) is 2. The van der Waals surface area contributed by atoms with Gasteiger partial charge in [-0.15, -0.1) is 0 Å². The van der Waals surface area contributed by atoms with Crippen molar-refractivity contribution in [1.82, 2.24) is 5.32 Å². The Hall–Kier alpha value is -0.0800. The van der Waals surface area contributed by atoms with E-state index in [0.717, 1.165) is 19.0 Å². The van der Waals surface area contributed by atoms with Crippen molar-refractivity contribution in [3.63, 3.8) is 0 Å². The van der Waals surface area contributed by atoms with E-state index in [-0.39, 0.29) is 0 Å². The molecule has 0 aliphatic rings. The van der Waals surface area contributed by atoms with Gasteiger partial charge in [0.25, 0.3) is 0 Å². The SMILES string of the molecule is CCCC(CCN)CCNC. The quantitative estimate of drug-likeness (QED) is 0.587. The molecule has 0 spiro atoms. The molecule has 0 radical (unpaired) electrons. The fourth-order valence-electron chi connectivity index (χ4n) is 1.43. The molecule has 0 saturated heterocycles. The summed E-state index contributed by atoms with van der Waals surface area (Å²) in [5, 5.41) is 3.17. The van der Waals surface area contributed by atoms with E-state index in [0.29, 0.717) is 0 Å². The molecule has 2 heteroatoms. The lowest BCUT2D eigenvalue weighted by Crippen LogP contribution is -2.15. The second-order valence-corrected chi connectivity index (χ2v) is 3.12. The molecule has 0 fully saturated rings. The zero-order valence-corrected chi connectivity index (χ0v) is 7.90. The molecule has 0 aliphatic heterocycles. The maximum atomic E-state index is 5.51. The topological polar surface area (TPSA) is 38.0 Å². The van der Waals surface area contributed by atoms with Crippen molar-refractivity contribution >= 4 is 0 Å². The van der Waals surface area contributed by atoms with Crippen LogP contribution in [-0.2, 0) is 0 Å². The minimum atomic E-state index is 0.842. The lowest BCUT2D eigenvalue weighted by Gasteiger charge is -2.13. The van der Waals surface area contributed by atoms with Crippen LogP contribution in [0.5, 0.6) is 0 Å². The number of nitrogens with one attached hydrogen (secondary N) is 1. The van der Waals surface area contributed by atoms with Gasteiger partial charge in [-0.3, -0.25) is 0 Å². The summed E-state index contributed by atoms with van der Waals surface area (Å²) in [5.41, 5.74) is 5.51. The Kier molecular flexibility index (Phi) is 7.96. The summed E-state index contributed by atoms with van der Waals surface area (Å²) in [6.07, 6.45) is 5.09. The van der Waals surface area contributed by atoms with Crippen molar-refractivity contribution in [2.24, 2.45) is 11.7 Å². The van der Waals surface area contributed by atoms with E-state index in [9.17, 15) is 0 Å². The first kappa shape index (κ1) is 10.9. The van der Waals surface area contributed by atoms with Gasteiger partial charge in [-0.25, -0.2) is 0 Å². The van der Waals surface area contributed by atoms with E-state index in [1.807, 2.05) is 7.05 Å². The molecule has 3 N–H and O–H groups in total. The van der Waals surface area contributed by atoms with Gasteiger partial charge in [0.15, 0.2) is 0 Å². The molecule has 0 bridgehead atoms. The molecule has 0 rings (SSSR count). The molecule has 1 unspecified atom stereocenters. The first-order valence-electron chi connectivity index (χ1n) is 4.69. The summed E-state index contributed by atoms with van der Waals surface area (Å²) in [6, 6.07) is 0. The Morgan fingerprint density at radius 2 is 2.00 bits per heavy atom. The molecule has 0 aromatic carbocycles. The summed E-state index contributed by atoms with van der Waals surface area (Å²) < 4.78 is 0. The highest BCUT2D eigenvalue weighted by Gasteiger charge is 2.04. The number of nitrogens with two attached hydrogens (primary N) is 1. The molecule has 0 aromatic rings. The largest absolute Gasteiger partial charge is 0.330 e. The number of hydrogen-bond donors (Lipinski definition) is 2. The molecule has 0 aromatic heterocycles. The minimum Gasteiger partial charge on any atom is -0.330 e. The van der Waals surface area contributed by atoms with Gasteiger partial charge in [0.05, 0.1) is 0 Å². The second-order valence-electron chi connectivity index (χ2n) is 3.12. The van der Waals surface area contributed by atoms with Crippen LogP contribution in [0.2, 0.25) is 0 Å². The zero-order valence-electron chi connectivity index (χ0n) is 7.90. The summed E-state index contributed by atoms with van der Waals surface area (Å²) in [7, 11) is 2.01. The highest BCUT2D eigenvalue weighted by molar-refractivity contribution is 4.60. The summed E-state index contributed by atoms with van der Waals surface area (Å²) in [4.78, 5) is 0. The Morgan fingerprint density at radius 1 is 1.27 bits per heavy atom. The molecule has 11 heavy (non-hydrogen) atoms. The van der Waals surface area contributed by atoms with Gasteiger partial charge in [-0.05, 0) is 38.9 Å². The van der Waals surface area contributed by atoms with Gasteiger partial charge >= 0.3 is 0 Å². The predicted octanol–water partition coefficient (Wildman–Crippen LogP) is 1.36. The van der Waals surface area contributed by atoms with Crippen molar-refractivity contribution in [3.05, 3.63) is 0 Å².